The second kappa shape index (κ2) is 8.46. The summed E-state index contributed by atoms with van der Waals surface area (Å²) >= 11 is 7.84. The molecule has 1 amide bonds. The Balaban J connectivity index is 2.33. The SMILES string of the molecule is CC(C)N(CCCSc1ccccc1Cl)CC(N)=O. The maximum Gasteiger partial charge on any atom is 0.231 e. The molecule has 0 spiro atoms. The molecule has 3 nitrogen and oxygen atoms in total. The van der Waals surface area contributed by atoms with Gasteiger partial charge in [0.15, 0.2) is 0 Å². The quantitative estimate of drug-likeness (QED) is 0.593. The van der Waals surface area contributed by atoms with Gasteiger partial charge in [-0.1, -0.05) is 23.7 Å². The van der Waals surface area contributed by atoms with Gasteiger partial charge in [-0.3, -0.25) is 9.69 Å². The minimum atomic E-state index is -0.271. The van der Waals surface area contributed by atoms with Gasteiger partial charge in [0.25, 0.3) is 0 Å². The molecule has 19 heavy (non-hydrogen) atoms. The lowest BCUT2D eigenvalue weighted by atomic mass is 10.3. The zero-order valence-electron chi connectivity index (χ0n) is 11.4. The summed E-state index contributed by atoms with van der Waals surface area (Å²) in [5.74, 6) is 0.707. The predicted molar refractivity (Wildman–Crippen MR) is 82.7 cm³/mol. The topological polar surface area (TPSA) is 46.3 Å². The number of nitrogens with zero attached hydrogens (tertiary/aromatic N) is 1. The highest BCUT2D eigenvalue weighted by Crippen LogP contribution is 2.26. The van der Waals surface area contributed by atoms with Crippen LogP contribution in [0.2, 0.25) is 5.02 Å². The zero-order chi connectivity index (χ0) is 14.3. The molecule has 0 aliphatic carbocycles. The van der Waals surface area contributed by atoms with Gasteiger partial charge in [-0.05, 0) is 44.7 Å². The van der Waals surface area contributed by atoms with E-state index in [9.17, 15) is 4.79 Å². The Labute approximate surface area is 124 Å². The summed E-state index contributed by atoms with van der Waals surface area (Å²) in [6, 6.07) is 8.17. The van der Waals surface area contributed by atoms with Crippen molar-refractivity contribution in [3.63, 3.8) is 0 Å². The molecule has 0 unspecified atom stereocenters. The van der Waals surface area contributed by atoms with E-state index in [1.807, 2.05) is 24.3 Å². The van der Waals surface area contributed by atoms with Gasteiger partial charge in [-0.2, -0.15) is 0 Å². The smallest absolute Gasteiger partial charge is 0.231 e. The second-order valence-electron chi connectivity index (χ2n) is 4.66. The normalized spacial score (nSPS) is 11.2. The van der Waals surface area contributed by atoms with E-state index in [4.69, 9.17) is 17.3 Å². The third-order valence-electron chi connectivity index (χ3n) is 2.77. The van der Waals surface area contributed by atoms with Gasteiger partial charge in [0, 0.05) is 10.9 Å². The number of hydrogen-bond donors (Lipinski definition) is 1. The Morgan fingerprint density at radius 3 is 2.68 bits per heavy atom. The third-order valence-corrected chi connectivity index (χ3v) is 4.37. The molecule has 0 atom stereocenters. The number of hydrogen-bond acceptors (Lipinski definition) is 3. The molecular weight excluding hydrogens is 280 g/mol. The summed E-state index contributed by atoms with van der Waals surface area (Å²) in [5.41, 5.74) is 5.24. The van der Waals surface area contributed by atoms with E-state index in [1.165, 1.54) is 0 Å². The number of nitrogens with two attached hydrogens (primary N) is 1. The molecule has 0 saturated carbocycles. The molecule has 2 N–H and O–H groups in total. The molecule has 0 bridgehead atoms. The Kier molecular flexibility index (Phi) is 7.28. The van der Waals surface area contributed by atoms with E-state index in [0.717, 1.165) is 28.6 Å². The van der Waals surface area contributed by atoms with E-state index in [1.54, 1.807) is 11.8 Å². The molecule has 0 aliphatic heterocycles. The number of benzene rings is 1. The lowest BCUT2D eigenvalue weighted by molar-refractivity contribution is -0.119. The van der Waals surface area contributed by atoms with Crippen LogP contribution in [0.15, 0.2) is 29.2 Å². The van der Waals surface area contributed by atoms with Crippen molar-refractivity contribution < 1.29 is 4.79 Å². The van der Waals surface area contributed by atoms with Crippen molar-refractivity contribution in [1.82, 2.24) is 4.90 Å². The zero-order valence-corrected chi connectivity index (χ0v) is 13.0. The van der Waals surface area contributed by atoms with E-state index < -0.39 is 0 Å². The molecule has 1 aromatic rings. The standard InChI is InChI=1S/C14H21ClN2OS/c1-11(2)17(10-14(16)18)8-5-9-19-13-7-4-3-6-12(13)15/h3-4,6-7,11H,5,8-10H2,1-2H3,(H2,16,18). The number of carbonyl (C=O) groups excluding carboxylic acids is 1. The first-order chi connectivity index (χ1) is 9.00. The number of halogens is 1. The Bertz CT molecular complexity index is 412. The van der Waals surface area contributed by atoms with Crippen molar-refractivity contribution >= 4 is 29.3 Å². The number of rotatable bonds is 8. The molecular formula is C14H21ClN2OS. The van der Waals surface area contributed by atoms with Gasteiger partial charge >= 0.3 is 0 Å². The Hall–Kier alpha value is -0.710. The van der Waals surface area contributed by atoms with Crippen molar-refractivity contribution in [3.8, 4) is 0 Å². The fourth-order valence-corrected chi connectivity index (χ4v) is 2.91. The first-order valence-electron chi connectivity index (χ1n) is 6.40. The van der Waals surface area contributed by atoms with E-state index in [-0.39, 0.29) is 5.91 Å². The lowest BCUT2D eigenvalue weighted by Crippen LogP contribution is -2.39. The van der Waals surface area contributed by atoms with Gasteiger partial charge in [0.05, 0.1) is 11.6 Å². The molecule has 0 saturated heterocycles. The first kappa shape index (κ1) is 16.3. The average molecular weight is 301 g/mol. The van der Waals surface area contributed by atoms with Crippen LogP contribution in [0.4, 0.5) is 0 Å². The van der Waals surface area contributed by atoms with Crippen molar-refractivity contribution in [2.45, 2.75) is 31.2 Å². The molecule has 0 heterocycles. The molecule has 0 aromatic heterocycles. The predicted octanol–water partition coefficient (Wildman–Crippen LogP) is 3.02. The summed E-state index contributed by atoms with van der Waals surface area (Å²) < 4.78 is 0. The van der Waals surface area contributed by atoms with E-state index >= 15 is 0 Å². The van der Waals surface area contributed by atoms with Crippen LogP contribution in [0.3, 0.4) is 0 Å². The fraction of sp³-hybridized carbons (Fsp3) is 0.500. The molecule has 1 rings (SSSR count). The lowest BCUT2D eigenvalue weighted by Gasteiger charge is -2.24. The van der Waals surface area contributed by atoms with Gasteiger partial charge < -0.3 is 5.73 Å². The molecule has 0 radical (unpaired) electrons. The van der Waals surface area contributed by atoms with Crippen molar-refractivity contribution in [2.24, 2.45) is 5.73 Å². The fourth-order valence-electron chi connectivity index (χ4n) is 1.73. The Morgan fingerprint density at radius 2 is 2.11 bits per heavy atom. The van der Waals surface area contributed by atoms with Crippen LogP contribution in [0, 0.1) is 0 Å². The third kappa shape index (κ3) is 6.32. The van der Waals surface area contributed by atoms with Gasteiger partial charge in [0.1, 0.15) is 0 Å². The molecule has 5 heteroatoms. The van der Waals surface area contributed by atoms with Crippen LogP contribution in [0.5, 0.6) is 0 Å². The molecule has 0 aliphatic rings. The summed E-state index contributed by atoms with van der Waals surface area (Å²) in [5, 5.41) is 0.797. The average Bonchev–Trinajstić information content (AvgIpc) is 2.34. The summed E-state index contributed by atoms with van der Waals surface area (Å²) in [7, 11) is 0. The monoisotopic (exact) mass is 300 g/mol. The maximum atomic E-state index is 11.0. The van der Waals surface area contributed by atoms with Crippen LogP contribution in [0.25, 0.3) is 0 Å². The number of thioether (sulfide) groups is 1. The highest BCUT2D eigenvalue weighted by molar-refractivity contribution is 7.99. The minimum Gasteiger partial charge on any atom is -0.369 e. The summed E-state index contributed by atoms with van der Waals surface area (Å²) in [4.78, 5) is 14.2. The first-order valence-corrected chi connectivity index (χ1v) is 7.76. The van der Waals surface area contributed by atoms with Crippen LogP contribution in [0.1, 0.15) is 20.3 Å². The van der Waals surface area contributed by atoms with Crippen molar-refractivity contribution in [1.29, 1.82) is 0 Å². The number of amides is 1. The van der Waals surface area contributed by atoms with E-state index in [2.05, 4.69) is 18.7 Å². The largest absolute Gasteiger partial charge is 0.369 e. The number of carbonyl (C=O) groups is 1. The summed E-state index contributed by atoms with van der Waals surface area (Å²) in [6.07, 6.45) is 1.00. The van der Waals surface area contributed by atoms with Gasteiger partial charge in [-0.25, -0.2) is 0 Å². The van der Waals surface area contributed by atoms with E-state index in [0.29, 0.717) is 12.6 Å². The minimum absolute atomic E-state index is 0.271. The van der Waals surface area contributed by atoms with Crippen LogP contribution in [-0.2, 0) is 4.79 Å². The molecule has 0 fully saturated rings. The van der Waals surface area contributed by atoms with Crippen LogP contribution < -0.4 is 5.73 Å². The van der Waals surface area contributed by atoms with Gasteiger partial charge in [-0.15, -0.1) is 11.8 Å². The van der Waals surface area contributed by atoms with Crippen LogP contribution >= 0.6 is 23.4 Å². The Morgan fingerprint density at radius 1 is 1.42 bits per heavy atom. The second-order valence-corrected chi connectivity index (χ2v) is 6.21. The molecule has 106 valence electrons. The highest BCUT2D eigenvalue weighted by Gasteiger charge is 2.11. The van der Waals surface area contributed by atoms with Crippen molar-refractivity contribution in [2.75, 3.05) is 18.8 Å². The molecule has 1 aromatic carbocycles. The number of primary amides is 1. The summed E-state index contributed by atoms with van der Waals surface area (Å²) in [6.45, 7) is 5.35. The highest BCUT2D eigenvalue weighted by atomic mass is 35.5. The van der Waals surface area contributed by atoms with Crippen LogP contribution in [-0.4, -0.2) is 35.7 Å². The van der Waals surface area contributed by atoms with Gasteiger partial charge in [0.2, 0.25) is 5.91 Å². The maximum absolute atomic E-state index is 11.0. The van der Waals surface area contributed by atoms with Crippen molar-refractivity contribution in [3.05, 3.63) is 29.3 Å².